The van der Waals surface area contributed by atoms with E-state index >= 15 is 0 Å². The SMILES string of the molecule is COC(=O)c1c(N)c(C#N)cn1-c1ccc2c(c1)Cc1ccccc1-2. The summed E-state index contributed by atoms with van der Waals surface area (Å²) in [5, 5.41) is 9.24. The van der Waals surface area contributed by atoms with Crippen molar-refractivity contribution in [1.82, 2.24) is 4.57 Å². The summed E-state index contributed by atoms with van der Waals surface area (Å²) in [6.45, 7) is 0. The van der Waals surface area contributed by atoms with Gasteiger partial charge in [-0.15, -0.1) is 0 Å². The fourth-order valence-corrected chi connectivity index (χ4v) is 3.40. The van der Waals surface area contributed by atoms with Crippen LogP contribution in [-0.4, -0.2) is 17.6 Å². The molecule has 0 bridgehead atoms. The molecule has 0 spiro atoms. The van der Waals surface area contributed by atoms with Crippen LogP contribution >= 0.6 is 0 Å². The number of ether oxygens (including phenoxy) is 1. The summed E-state index contributed by atoms with van der Waals surface area (Å²) in [7, 11) is 1.30. The first-order valence-electron chi connectivity index (χ1n) is 7.85. The molecule has 25 heavy (non-hydrogen) atoms. The summed E-state index contributed by atoms with van der Waals surface area (Å²) in [6.07, 6.45) is 2.42. The highest BCUT2D eigenvalue weighted by Gasteiger charge is 2.23. The maximum atomic E-state index is 12.1. The highest BCUT2D eigenvalue weighted by atomic mass is 16.5. The van der Waals surface area contributed by atoms with Crippen molar-refractivity contribution in [3.8, 4) is 22.9 Å². The highest BCUT2D eigenvalue weighted by Crippen LogP contribution is 2.38. The van der Waals surface area contributed by atoms with Gasteiger partial charge < -0.3 is 15.0 Å². The first kappa shape index (κ1) is 15.0. The van der Waals surface area contributed by atoms with Crippen molar-refractivity contribution in [1.29, 1.82) is 5.26 Å². The molecule has 1 heterocycles. The molecule has 1 aromatic heterocycles. The number of methoxy groups -OCH3 is 1. The van der Waals surface area contributed by atoms with Crippen molar-refractivity contribution in [2.75, 3.05) is 12.8 Å². The van der Waals surface area contributed by atoms with Crippen molar-refractivity contribution >= 4 is 11.7 Å². The molecule has 3 aromatic rings. The summed E-state index contributed by atoms with van der Waals surface area (Å²) >= 11 is 0. The second-order valence-electron chi connectivity index (χ2n) is 5.95. The van der Waals surface area contributed by atoms with Gasteiger partial charge >= 0.3 is 5.97 Å². The zero-order valence-electron chi connectivity index (χ0n) is 13.6. The molecule has 2 aromatic carbocycles. The van der Waals surface area contributed by atoms with Crippen LogP contribution in [0.3, 0.4) is 0 Å². The van der Waals surface area contributed by atoms with E-state index in [4.69, 9.17) is 10.5 Å². The Bertz CT molecular complexity index is 1060. The predicted molar refractivity (Wildman–Crippen MR) is 94.5 cm³/mol. The Balaban J connectivity index is 1.87. The molecule has 5 nitrogen and oxygen atoms in total. The van der Waals surface area contributed by atoms with E-state index in [0.29, 0.717) is 0 Å². The molecule has 0 fully saturated rings. The third-order valence-corrected chi connectivity index (χ3v) is 4.60. The number of carbonyl (C=O) groups excluding carboxylic acids is 1. The number of nitrogens with two attached hydrogens (primary N) is 1. The predicted octanol–water partition coefficient (Wildman–Crippen LogP) is 3.29. The lowest BCUT2D eigenvalue weighted by molar-refractivity contribution is 0.0593. The van der Waals surface area contributed by atoms with Gasteiger partial charge in [-0.2, -0.15) is 5.26 Å². The summed E-state index contributed by atoms with van der Waals surface area (Å²) in [6, 6.07) is 16.3. The Morgan fingerprint density at radius 1 is 1.20 bits per heavy atom. The third-order valence-electron chi connectivity index (χ3n) is 4.60. The van der Waals surface area contributed by atoms with Gasteiger partial charge in [0.05, 0.1) is 18.4 Å². The third kappa shape index (κ3) is 2.19. The molecule has 1 aliphatic rings. The molecular weight excluding hydrogens is 314 g/mol. The zero-order chi connectivity index (χ0) is 17.6. The smallest absolute Gasteiger partial charge is 0.357 e. The number of aromatic nitrogens is 1. The average Bonchev–Trinajstić information content (AvgIpc) is 3.17. The Labute approximate surface area is 144 Å². The number of nitrogens with zero attached hydrogens (tertiary/aromatic N) is 2. The van der Waals surface area contributed by atoms with Gasteiger partial charge in [0.15, 0.2) is 5.69 Å². The normalized spacial score (nSPS) is 11.5. The van der Waals surface area contributed by atoms with Crippen molar-refractivity contribution in [2.45, 2.75) is 6.42 Å². The number of nitrogen functional groups attached to an aromatic ring is 1. The van der Waals surface area contributed by atoms with E-state index in [1.165, 1.54) is 29.4 Å². The van der Waals surface area contributed by atoms with Crippen molar-refractivity contribution in [3.05, 3.63) is 71.0 Å². The van der Waals surface area contributed by atoms with Gasteiger partial charge in [0.1, 0.15) is 6.07 Å². The Hall–Kier alpha value is -3.52. The molecule has 0 saturated heterocycles. The summed E-state index contributed by atoms with van der Waals surface area (Å²) in [5.74, 6) is -0.567. The molecule has 0 unspecified atom stereocenters. The minimum absolute atomic E-state index is 0.137. The van der Waals surface area contributed by atoms with Crippen LogP contribution in [0.5, 0.6) is 0 Å². The second-order valence-corrected chi connectivity index (χ2v) is 5.95. The fraction of sp³-hybridized carbons (Fsp3) is 0.100. The number of nitriles is 1. The van der Waals surface area contributed by atoms with E-state index in [-0.39, 0.29) is 16.9 Å². The molecule has 0 saturated carbocycles. The van der Waals surface area contributed by atoms with Crippen molar-refractivity contribution < 1.29 is 9.53 Å². The number of benzene rings is 2. The maximum absolute atomic E-state index is 12.1. The largest absolute Gasteiger partial charge is 0.464 e. The molecule has 1 aliphatic carbocycles. The summed E-state index contributed by atoms with van der Waals surface area (Å²) in [5.41, 5.74) is 12.2. The van der Waals surface area contributed by atoms with Crippen LogP contribution in [0.1, 0.15) is 27.2 Å². The summed E-state index contributed by atoms with van der Waals surface area (Å²) < 4.78 is 6.46. The number of carbonyl (C=O) groups is 1. The van der Waals surface area contributed by atoms with E-state index < -0.39 is 5.97 Å². The molecule has 5 heteroatoms. The molecule has 4 rings (SSSR count). The van der Waals surface area contributed by atoms with Gasteiger partial charge in [-0.05, 0) is 40.8 Å². The molecule has 0 amide bonds. The monoisotopic (exact) mass is 329 g/mol. The average molecular weight is 329 g/mol. The maximum Gasteiger partial charge on any atom is 0.357 e. The fourth-order valence-electron chi connectivity index (χ4n) is 3.40. The second kappa shape index (κ2) is 5.53. The van der Waals surface area contributed by atoms with Gasteiger partial charge in [-0.1, -0.05) is 30.3 Å². The van der Waals surface area contributed by atoms with Crippen LogP contribution < -0.4 is 5.73 Å². The quantitative estimate of drug-likeness (QED) is 0.572. The standard InChI is InChI=1S/C20H15N3O2/c1-25-20(24)19-18(22)14(10-21)11-23(19)15-6-7-17-13(9-15)8-12-4-2-3-5-16(12)17/h2-7,9,11H,8,22H2,1H3. The van der Waals surface area contributed by atoms with Gasteiger partial charge in [-0.25, -0.2) is 4.79 Å². The van der Waals surface area contributed by atoms with E-state index in [0.717, 1.165) is 12.1 Å². The van der Waals surface area contributed by atoms with Crippen LogP contribution in [0.15, 0.2) is 48.7 Å². The molecule has 2 N–H and O–H groups in total. The minimum Gasteiger partial charge on any atom is -0.464 e. The first-order chi connectivity index (χ1) is 12.1. The lowest BCUT2D eigenvalue weighted by Crippen LogP contribution is -2.11. The van der Waals surface area contributed by atoms with E-state index in [9.17, 15) is 10.1 Å². The molecule has 0 aliphatic heterocycles. The Kier molecular flexibility index (Phi) is 3.33. The van der Waals surface area contributed by atoms with Gasteiger partial charge in [0, 0.05) is 11.9 Å². The van der Waals surface area contributed by atoms with Crippen LogP contribution in [0.4, 0.5) is 5.69 Å². The van der Waals surface area contributed by atoms with Crippen LogP contribution in [0.2, 0.25) is 0 Å². The van der Waals surface area contributed by atoms with E-state index in [1.807, 2.05) is 36.4 Å². The summed E-state index contributed by atoms with van der Waals surface area (Å²) in [4.78, 5) is 12.1. The number of hydrogen-bond acceptors (Lipinski definition) is 4. The van der Waals surface area contributed by atoms with Crippen LogP contribution in [-0.2, 0) is 11.2 Å². The van der Waals surface area contributed by atoms with Crippen LogP contribution in [0.25, 0.3) is 16.8 Å². The number of fused-ring (bicyclic) bond motifs is 3. The van der Waals surface area contributed by atoms with Gasteiger partial charge in [0.2, 0.25) is 0 Å². The topological polar surface area (TPSA) is 81.0 Å². The number of hydrogen-bond donors (Lipinski definition) is 1. The first-order valence-corrected chi connectivity index (χ1v) is 7.85. The van der Waals surface area contributed by atoms with E-state index in [2.05, 4.69) is 12.1 Å². The molecular formula is C20H15N3O2. The zero-order valence-corrected chi connectivity index (χ0v) is 13.6. The van der Waals surface area contributed by atoms with Crippen molar-refractivity contribution in [3.63, 3.8) is 0 Å². The molecule has 0 radical (unpaired) electrons. The van der Waals surface area contributed by atoms with E-state index in [1.54, 1.807) is 10.8 Å². The highest BCUT2D eigenvalue weighted by molar-refractivity contribution is 5.96. The molecule has 122 valence electrons. The Morgan fingerprint density at radius 3 is 2.72 bits per heavy atom. The number of anilines is 1. The lowest BCUT2D eigenvalue weighted by atomic mass is 10.1. The lowest BCUT2D eigenvalue weighted by Gasteiger charge is -2.10. The Morgan fingerprint density at radius 2 is 1.96 bits per heavy atom. The minimum atomic E-state index is -0.567. The molecule has 0 atom stereocenters. The van der Waals surface area contributed by atoms with Crippen LogP contribution in [0, 0.1) is 11.3 Å². The van der Waals surface area contributed by atoms with Gasteiger partial charge in [-0.3, -0.25) is 0 Å². The van der Waals surface area contributed by atoms with Crippen molar-refractivity contribution in [2.24, 2.45) is 0 Å². The van der Waals surface area contributed by atoms with Gasteiger partial charge in [0.25, 0.3) is 0 Å². The number of esters is 1. The number of rotatable bonds is 2.